The Hall–Kier alpha value is -2.21. The molecule has 6 heteroatoms. The van der Waals surface area contributed by atoms with Gasteiger partial charge in [0.2, 0.25) is 5.60 Å². The van der Waals surface area contributed by atoms with E-state index in [1.165, 1.54) is 13.8 Å². The molecule has 2 atom stereocenters. The van der Waals surface area contributed by atoms with Gasteiger partial charge in [-0.3, -0.25) is 9.59 Å². The van der Waals surface area contributed by atoms with Crippen molar-refractivity contribution in [2.75, 3.05) is 19.7 Å². The monoisotopic (exact) mass is 347 g/mol. The molecule has 0 bridgehead atoms. The summed E-state index contributed by atoms with van der Waals surface area (Å²) in [4.78, 5) is 37.7. The van der Waals surface area contributed by atoms with Crippen LogP contribution in [0.15, 0.2) is 30.3 Å². The lowest BCUT2D eigenvalue weighted by Crippen LogP contribution is -2.43. The molecule has 0 aliphatic carbocycles. The Morgan fingerprint density at radius 2 is 1.92 bits per heavy atom. The number of hydrogen-bond donors (Lipinski definition) is 1. The van der Waals surface area contributed by atoms with Crippen LogP contribution in [0.25, 0.3) is 0 Å². The zero-order valence-corrected chi connectivity index (χ0v) is 14.9. The Balaban J connectivity index is 2.22. The number of carbonyl (C=O) groups is 3. The molecular weight excluding hydrogens is 322 g/mol. The summed E-state index contributed by atoms with van der Waals surface area (Å²) in [6.45, 7) is 6.14. The third kappa shape index (κ3) is 4.66. The van der Waals surface area contributed by atoms with Crippen molar-refractivity contribution in [2.45, 2.75) is 32.8 Å². The third-order valence-corrected chi connectivity index (χ3v) is 4.29. The zero-order valence-electron chi connectivity index (χ0n) is 14.9. The SMILES string of the molecule is CCOC(=O)C(C)(C)OC(=O)[C@@H](C(=O)c1ccccc1)[C@H]1CCNC1. The number of esters is 2. The number of ether oxygens (including phenoxy) is 2. The van der Waals surface area contributed by atoms with Crippen LogP contribution in [0.1, 0.15) is 37.6 Å². The number of Topliss-reactive ketones (excluding diaryl/α,β-unsaturated/α-hetero) is 1. The lowest BCUT2D eigenvalue weighted by atomic mass is 9.85. The van der Waals surface area contributed by atoms with Crippen LogP contribution in [0.3, 0.4) is 0 Å². The van der Waals surface area contributed by atoms with Crippen LogP contribution in [0.5, 0.6) is 0 Å². The molecule has 1 heterocycles. The van der Waals surface area contributed by atoms with E-state index in [0.29, 0.717) is 18.5 Å². The summed E-state index contributed by atoms with van der Waals surface area (Å²) in [6.07, 6.45) is 0.707. The van der Waals surface area contributed by atoms with Gasteiger partial charge in [-0.25, -0.2) is 4.79 Å². The van der Waals surface area contributed by atoms with Gasteiger partial charge < -0.3 is 14.8 Å². The van der Waals surface area contributed by atoms with Crippen molar-refractivity contribution in [3.05, 3.63) is 35.9 Å². The van der Waals surface area contributed by atoms with Gasteiger partial charge in [-0.15, -0.1) is 0 Å². The minimum Gasteiger partial charge on any atom is -0.463 e. The molecule has 1 aromatic carbocycles. The smallest absolute Gasteiger partial charge is 0.349 e. The van der Waals surface area contributed by atoms with E-state index >= 15 is 0 Å². The van der Waals surface area contributed by atoms with Crippen LogP contribution in [0.2, 0.25) is 0 Å². The van der Waals surface area contributed by atoms with E-state index in [0.717, 1.165) is 6.54 Å². The average Bonchev–Trinajstić information content (AvgIpc) is 3.09. The molecule has 1 N–H and O–H groups in total. The van der Waals surface area contributed by atoms with Gasteiger partial charge in [0.1, 0.15) is 5.92 Å². The van der Waals surface area contributed by atoms with Crippen LogP contribution < -0.4 is 5.32 Å². The first-order valence-corrected chi connectivity index (χ1v) is 8.57. The Morgan fingerprint density at radius 1 is 1.24 bits per heavy atom. The summed E-state index contributed by atoms with van der Waals surface area (Å²) in [7, 11) is 0. The highest BCUT2D eigenvalue weighted by molar-refractivity contribution is 6.09. The maximum Gasteiger partial charge on any atom is 0.349 e. The number of carbonyl (C=O) groups excluding carboxylic acids is 3. The average molecular weight is 347 g/mol. The zero-order chi connectivity index (χ0) is 18.4. The normalized spacial score (nSPS) is 18.4. The highest BCUT2D eigenvalue weighted by Crippen LogP contribution is 2.27. The van der Waals surface area contributed by atoms with E-state index in [4.69, 9.17) is 9.47 Å². The molecule has 1 aliphatic rings. The van der Waals surface area contributed by atoms with Crippen LogP contribution in [-0.4, -0.2) is 43.0 Å². The van der Waals surface area contributed by atoms with Crippen LogP contribution in [0.4, 0.5) is 0 Å². The molecular formula is C19H25NO5. The third-order valence-electron chi connectivity index (χ3n) is 4.29. The fourth-order valence-corrected chi connectivity index (χ4v) is 2.92. The number of hydrogen-bond acceptors (Lipinski definition) is 6. The molecule has 1 fully saturated rings. The van der Waals surface area contributed by atoms with E-state index in [1.807, 2.05) is 6.07 Å². The fraction of sp³-hybridized carbons (Fsp3) is 0.526. The molecule has 0 spiro atoms. The number of nitrogens with one attached hydrogen (secondary N) is 1. The van der Waals surface area contributed by atoms with Gasteiger partial charge in [0.25, 0.3) is 0 Å². The molecule has 0 saturated carbocycles. The van der Waals surface area contributed by atoms with E-state index in [-0.39, 0.29) is 18.3 Å². The van der Waals surface area contributed by atoms with Gasteiger partial charge in [-0.2, -0.15) is 0 Å². The summed E-state index contributed by atoms with van der Waals surface area (Å²) in [5.41, 5.74) is -0.973. The second-order valence-electron chi connectivity index (χ2n) is 6.61. The van der Waals surface area contributed by atoms with E-state index in [1.54, 1.807) is 31.2 Å². The first-order valence-electron chi connectivity index (χ1n) is 8.57. The lowest BCUT2D eigenvalue weighted by Gasteiger charge is -2.27. The summed E-state index contributed by atoms with van der Waals surface area (Å²) in [5, 5.41) is 3.17. The molecule has 1 aromatic rings. The minimum absolute atomic E-state index is 0.154. The Kier molecular flexibility index (Phi) is 6.31. The summed E-state index contributed by atoms with van der Waals surface area (Å²) < 4.78 is 10.4. The van der Waals surface area contributed by atoms with Crippen molar-refractivity contribution in [1.82, 2.24) is 5.32 Å². The van der Waals surface area contributed by atoms with E-state index < -0.39 is 23.5 Å². The molecule has 25 heavy (non-hydrogen) atoms. The van der Waals surface area contributed by atoms with Crippen molar-refractivity contribution >= 4 is 17.7 Å². The molecule has 1 saturated heterocycles. The van der Waals surface area contributed by atoms with E-state index in [9.17, 15) is 14.4 Å². The number of benzene rings is 1. The standard InChI is InChI=1S/C19H25NO5/c1-4-24-18(23)19(2,3)25-17(22)15(14-10-11-20-12-14)16(21)13-8-6-5-7-9-13/h5-9,14-15,20H,4,10-12H2,1-3H3/t14-,15+/m0/s1. The predicted molar refractivity (Wildman–Crippen MR) is 92.0 cm³/mol. The van der Waals surface area contributed by atoms with Crippen molar-refractivity contribution in [1.29, 1.82) is 0 Å². The highest BCUT2D eigenvalue weighted by atomic mass is 16.6. The van der Waals surface area contributed by atoms with Gasteiger partial charge >= 0.3 is 11.9 Å². The number of rotatable bonds is 7. The summed E-state index contributed by atoms with van der Waals surface area (Å²) >= 11 is 0. The fourth-order valence-electron chi connectivity index (χ4n) is 2.92. The molecule has 6 nitrogen and oxygen atoms in total. The minimum atomic E-state index is -1.44. The quantitative estimate of drug-likeness (QED) is 0.461. The van der Waals surface area contributed by atoms with Gasteiger partial charge in [0.05, 0.1) is 6.61 Å². The molecule has 0 radical (unpaired) electrons. The van der Waals surface area contributed by atoms with Crippen molar-refractivity contribution in [2.24, 2.45) is 11.8 Å². The van der Waals surface area contributed by atoms with Crippen LogP contribution >= 0.6 is 0 Å². The van der Waals surface area contributed by atoms with Gasteiger partial charge in [-0.1, -0.05) is 30.3 Å². The molecule has 2 rings (SSSR count). The highest BCUT2D eigenvalue weighted by Gasteiger charge is 2.42. The van der Waals surface area contributed by atoms with Crippen molar-refractivity contribution < 1.29 is 23.9 Å². The van der Waals surface area contributed by atoms with Crippen LogP contribution in [-0.2, 0) is 19.1 Å². The second kappa shape index (κ2) is 8.25. The van der Waals surface area contributed by atoms with Gasteiger partial charge in [-0.05, 0) is 46.2 Å². The molecule has 0 amide bonds. The molecule has 0 aromatic heterocycles. The van der Waals surface area contributed by atoms with Gasteiger partial charge in [0.15, 0.2) is 5.78 Å². The van der Waals surface area contributed by atoms with Crippen molar-refractivity contribution in [3.63, 3.8) is 0 Å². The lowest BCUT2D eigenvalue weighted by molar-refractivity contribution is -0.180. The Morgan fingerprint density at radius 3 is 2.48 bits per heavy atom. The second-order valence-corrected chi connectivity index (χ2v) is 6.61. The topological polar surface area (TPSA) is 81.7 Å². The molecule has 1 aliphatic heterocycles. The number of ketones is 1. The van der Waals surface area contributed by atoms with Gasteiger partial charge in [0, 0.05) is 5.56 Å². The summed E-state index contributed by atoms with van der Waals surface area (Å²) in [6, 6.07) is 8.68. The summed E-state index contributed by atoms with van der Waals surface area (Å²) in [5.74, 6) is -2.68. The Bertz CT molecular complexity index is 620. The largest absolute Gasteiger partial charge is 0.463 e. The first-order chi connectivity index (χ1) is 11.9. The molecule has 136 valence electrons. The van der Waals surface area contributed by atoms with Crippen LogP contribution in [0, 0.1) is 11.8 Å². The van der Waals surface area contributed by atoms with Crippen molar-refractivity contribution in [3.8, 4) is 0 Å². The van der Waals surface area contributed by atoms with E-state index in [2.05, 4.69) is 5.32 Å². The maximum absolute atomic E-state index is 12.9. The Labute approximate surface area is 147 Å². The first kappa shape index (κ1) is 19.1. The predicted octanol–water partition coefficient (Wildman–Crippen LogP) is 1.98. The molecule has 0 unspecified atom stereocenters. The maximum atomic E-state index is 12.9.